The molecule has 1 aromatic rings. The van der Waals surface area contributed by atoms with Crippen molar-refractivity contribution in [3.8, 4) is 0 Å². The van der Waals surface area contributed by atoms with Gasteiger partial charge in [0.2, 0.25) is 0 Å². The highest BCUT2D eigenvalue weighted by molar-refractivity contribution is 6.30. The molecule has 0 radical (unpaired) electrons. The van der Waals surface area contributed by atoms with Crippen LogP contribution in [0.4, 0.5) is 4.39 Å². The predicted octanol–water partition coefficient (Wildman–Crippen LogP) is 2.28. The van der Waals surface area contributed by atoms with Crippen LogP contribution in [0.3, 0.4) is 0 Å². The zero-order chi connectivity index (χ0) is 9.14. The van der Waals surface area contributed by atoms with Crippen molar-refractivity contribution in [3.05, 3.63) is 34.6 Å². The van der Waals surface area contributed by atoms with Gasteiger partial charge in [0, 0.05) is 18.2 Å². The van der Waals surface area contributed by atoms with E-state index in [9.17, 15) is 4.39 Å². The summed E-state index contributed by atoms with van der Waals surface area (Å²) in [4.78, 5) is 0. The average molecular weight is 262 g/mol. The van der Waals surface area contributed by atoms with Crippen LogP contribution in [0.1, 0.15) is 11.6 Å². The summed E-state index contributed by atoms with van der Waals surface area (Å²) in [6.07, 6.45) is 0. The summed E-state index contributed by atoms with van der Waals surface area (Å²) in [6.45, 7) is 0.206. The van der Waals surface area contributed by atoms with Crippen LogP contribution in [0, 0.1) is 5.82 Å². The molecule has 0 saturated carbocycles. The van der Waals surface area contributed by atoms with E-state index in [1.54, 1.807) is 12.1 Å². The Morgan fingerprint density at radius 3 is 2.43 bits per heavy atom. The lowest BCUT2D eigenvalue weighted by atomic mass is 10.1. The molecule has 2 nitrogen and oxygen atoms in total. The van der Waals surface area contributed by atoms with E-state index >= 15 is 0 Å². The summed E-state index contributed by atoms with van der Waals surface area (Å²) < 4.78 is 13.2. The second-order valence-corrected chi connectivity index (χ2v) is 2.89. The van der Waals surface area contributed by atoms with Gasteiger partial charge in [0.15, 0.2) is 0 Å². The summed E-state index contributed by atoms with van der Waals surface area (Å²) in [5.41, 5.74) is 11.2. The van der Waals surface area contributed by atoms with Gasteiger partial charge in [-0.3, -0.25) is 0 Å². The van der Waals surface area contributed by atoms with Crippen molar-refractivity contribution in [2.45, 2.75) is 6.04 Å². The summed E-state index contributed by atoms with van der Waals surface area (Å²) in [5, 5.41) is 0.0800. The monoisotopic (exact) mass is 260 g/mol. The molecular formula is C8H12Cl3FN2. The van der Waals surface area contributed by atoms with Crippen molar-refractivity contribution >= 4 is 36.4 Å². The minimum Gasteiger partial charge on any atom is -0.329 e. The molecule has 0 aliphatic rings. The minimum absolute atomic E-state index is 0. The maximum atomic E-state index is 13.2. The first kappa shape index (κ1) is 16.4. The highest BCUT2D eigenvalue weighted by Gasteiger charge is 2.11. The number of rotatable bonds is 2. The first-order valence-electron chi connectivity index (χ1n) is 3.56. The van der Waals surface area contributed by atoms with E-state index in [2.05, 4.69) is 0 Å². The number of nitrogens with two attached hydrogens (primary N) is 2. The zero-order valence-corrected chi connectivity index (χ0v) is 9.63. The predicted molar refractivity (Wildman–Crippen MR) is 61.9 cm³/mol. The fraction of sp³-hybridized carbons (Fsp3) is 0.250. The molecule has 0 bridgehead atoms. The molecular weight excluding hydrogens is 249 g/mol. The summed E-state index contributed by atoms with van der Waals surface area (Å²) in [6, 6.07) is 4.22. The van der Waals surface area contributed by atoms with Crippen molar-refractivity contribution in [1.29, 1.82) is 0 Å². The average Bonchev–Trinajstić information content (AvgIpc) is 2.08. The van der Waals surface area contributed by atoms with Gasteiger partial charge in [0.25, 0.3) is 0 Å². The van der Waals surface area contributed by atoms with Crippen molar-refractivity contribution in [2.75, 3.05) is 6.54 Å². The SMILES string of the molecule is Cl.Cl.NC[C@H](N)c1cccc(Cl)c1F. The Hall–Kier alpha value is -0.0600. The Balaban J connectivity index is 0. The lowest BCUT2D eigenvalue weighted by Gasteiger charge is -2.10. The van der Waals surface area contributed by atoms with Gasteiger partial charge in [0.1, 0.15) is 5.82 Å². The third-order valence-corrected chi connectivity index (χ3v) is 1.93. The molecule has 0 unspecified atom stereocenters. The van der Waals surface area contributed by atoms with Gasteiger partial charge in [-0.05, 0) is 6.07 Å². The number of benzene rings is 1. The Labute approximate surface area is 99.6 Å². The molecule has 0 aliphatic heterocycles. The first-order chi connectivity index (χ1) is 5.66. The van der Waals surface area contributed by atoms with Crippen molar-refractivity contribution in [1.82, 2.24) is 0 Å². The van der Waals surface area contributed by atoms with Crippen LogP contribution >= 0.6 is 36.4 Å². The minimum atomic E-state index is -0.483. The molecule has 0 saturated heterocycles. The Bertz CT molecular complexity index is 283. The van der Waals surface area contributed by atoms with Gasteiger partial charge in [-0.1, -0.05) is 23.7 Å². The number of hydrogen-bond donors (Lipinski definition) is 2. The molecule has 14 heavy (non-hydrogen) atoms. The summed E-state index contributed by atoms with van der Waals surface area (Å²) in [7, 11) is 0. The molecule has 1 rings (SSSR count). The molecule has 0 aliphatic carbocycles. The molecule has 4 N–H and O–H groups in total. The third-order valence-electron chi connectivity index (χ3n) is 1.63. The standard InChI is InChI=1S/C8H10ClFN2.2ClH/c9-6-3-1-2-5(8(6)10)7(12)4-11;;/h1-3,7H,4,11-12H2;2*1H/t7-;;/m0../s1. The second kappa shape index (κ2) is 7.26. The smallest absolute Gasteiger partial charge is 0.146 e. The maximum absolute atomic E-state index is 13.2. The van der Waals surface area contributed by atoms with Gasteiger partial charge in [-0.2, -0.15) is 0 Å². The fourth-order valence-corrected chi connectivity index (χ4v) is 1.12. The van der Waals surface area contributed by atoms with E-state index in [1.165, 1.54) is 6.07 Å². The van der Waals surface area contributed by atoms with Crippen molar-refractivity contribution in [3.63, 3.8) is 0 Å². The lowest BCUT2D eigenvalue weighted by molar-refractivity contribution is 0.584. The van der Waals surface area contributed by atoms with Crippen LogP contribution in [0.25, 0.3) is 0 Å². The van der Waals surface area contributed by atoms with Crippen LogP contribution in [0.15, 0.2) is 18.2 Å². The Kier molecular flexibility index (Phi) is 8.49. The maximum Gasteiger partial charge on any atom is 0.146 e. The van der Waals surface area contributed by atoms with Gasteiger partial charge >= 0.3 is 0 Å². The highest BCUT2D eigenvalue weighted by atomic mass is 35.5. The van der Waals surface area contributed by atoms with E-state index in [0.717, 1.165) is 0 Å². The molecule has 0 fully saturated rings. The molecule has 0 aromatic heterocycles. The molecule has 6 heteroatoms. The normalized spacial score (nSPS) is 11.1. The summed E-state index contributed by atoms with van der Waals surface area (Å²) >= 11 is 5.54. The van der Waals surface area contributed by atoms with Gasteiger partial charge in [-0.25, -0.2) is 4.39 Å². The molecule has 0 amide bonds. The van der Waals surface area contributed by atoms with Crippen LogP contribution in [-0.2, 0) is 0 Å². The van der Waals surface area contributed by atoms with Gasteiger partial charge < -0.3 is 11.5 Å². The number of halogens is 4. The van der Waals surface area contributed by atoms with E-state index in [1.807, 2.05) is 0 Å². The highest BCUT2D eigenvalue weighted by Crippen LogP contribution is 2.21. The van der Waals surface area contributed by atoms with Gasteiger partial charge in [-0.15, -0.1) is 24.8 Å². The van der Waals surface area contributed by atoms with Crippen molar-refractivity contribution in [2.24, 2.45) is 11.5 Å². The molecule has 1 aromatic carbocycles. The summed E-state index contributed by atoms with van der Waals surface area (Å²) in [5.74, 6) is -0.475. The van der Waals surface area contributed by atoms with E-state index in [-0.39, 0.29) is 36.4 Å². The quantitative estimate of drug-likeness (QED) is 0.858. The Morgan fingerprint density at radius 2 is 1.93 bits per heavy atom. The van der Waals surface area contributed by atoms with Crippen LogP contribution in [0.2, 0.25) is 5.02 Å². The second-order valence-electron chi connectivity index (χ2n) is 2.49. The van der Waals surface area contributed by atoms with E-state index in [0.29, 0.717) is 5.56 Å². The molecule has 82 valence electrons. The first-order valence-corrected chi connectivity index (χ1v) is 3.94. The largest absolute Gasteiger partial charge is 0.329 e. The van der Waals surface area contributed by atoms with E-state index < -0.39 is 11.9 Å². The molecule has 1 atom stereocenters. The molecule has 0 spiro atoms. The Morgan fingerprint density at radius 1 is 1.36 bits per heavy atom. The van der Waals surface area contributed by atoms with Gasteiger partial charge in [0.05, 0.1) is 5.02 Å². The van der Waals surface area contributed by atoms with Crippen LogP contribution < -0.4 is 11.5 Å². The fourth-order valence-electron chi connectivity index (χ4n) is 0.934. The topological polar surface area (TPSA) is 52.0 Å². The zero-order valence-electron chi connectivity index (χ0n) is 7.24. The van der Waals surface area contributed by atoms with Crippen LogP contribution in [-0.4, -0.2) is 6.54 Å². The van der Waals surface area contributed by atoms with Crippen LogP contribution in [0.5, 0.6) is 0 Å². The third kappa shape index (κ3) is 3.59. The molecule has 0 heterocycles. The number of hydrogen-bond acceptors (Lipinski definition) is 2. The van der Waals surface area contributed by atoms with E-state index in [4.69, 9.17) is 23.1 Å². The van der Waals surface area contributed by atoms with Crippen molar-refractivity contribution < 1.29 is 4.39 Å². The lowest BCUT2D eigenvalue weighted by Crippen LogP contribution is -2.21.